The molecule has 2 nitrogen and oxygen atoms in total. The Balaban J connectivity index is 2.04. The first kappa shape index (κ1) is 14.0. The molecule has 18 heavy (non-hydrogen) atoms. The zero-order chi connectivity index (χ0) is 13.0. The fourth-order valence-electron chi connectivity index (χ4n) is 2.94. The summed E-state index contributed by atoms with van der Waals surface area (Å²) < 4.78 is 0. The molecular weight excluding hydrogens is 240 g/mol. The highest BCUT2D eigenvalue weighted by molar-refractivity contribution is 7.11. The predicted octanol–water partition coefficient (Wildman–Crippen LogP) is 4.32. The third-order valence-corrected chi connectivity index (χ3v) is 5.09. The van der Waals surface area contributed by atoms with Gasteiger partial charge in [-0.15, -0.1) is 11.3 Å². The van der Waals surface area contributed by atoms with Gasteiger partial charge in [-0.1, -0.05) is 26.7 Å². The van der Waals surface area contributed by atoms with Crippen molar-refractivity contribution in [2.24, 2.45) is 11.8 Å². The van der Waals surface area contributed by atoms with Gasteiger partial charge in [-0.2, -0.15) is 0 Å². The van der Waals surface area contributed by atoms with Gasteiger partial charge in [-0.25, -0.2) is 4.98 Å². The summed E-state index contributed by atoms with van der Waals surface area (Å²) in [7, 11) is 0. The molecule has 1 heterocycles. The van der Waals surface area contributed by atoms with E-state index in [1.165, 1.54) is 42.0 Å². The van der Waals surface area contributed by atoms with Crippen molar-refractivity contribution >= 4 is 11.3 Å². The van der Waals surface area contributed by atoms with Crippen LogP contribution < -0.4 is 5.32 Å². The van der Waals surface area contributed by atoms with E-state index in [-0.39, 0.29) is 0 Å². The lowest BCUT2D eigenvalue weighted by Crippen LogP contribution is -2.30. The number of aromatic nitrogens is 1. The average molecular weight is 266 g/mol. The molecule has 0 radical (unpaired) electrons. The minimum Gasteiger partial charge on any atom is -0.309 e. The van der Waals surface area contributed by atoms with Crippen LogP contribution in [0.2, 0.25) is 0 Å². The Hall–Kier alpha value is -0.410. The van der Waals surface area contributed by atoms with Crippen LogP contribution in [-0.4, -0.2) is 11.5 Å². The summed E-state index contributed by atoms with van der Waals surface area (Å²) in [5.41, 5.74) is 0. The summed E-state index contributed by atoms with van der Waals surface area (Å²) in [6.45, 7) is 7.86. The van der Waals surface area contributed by atoms with E-state index in [1.54, 1.807) is 0 Å². The van der Waals surface area contributed by atoms with Crippen molar-refractivity contribution < 1.29 is 0 Å². The maximum absolute atomic E-state index is 4.43. The van der Waals surface area contributed by atoms with Crippen LogP contribution in [0.3, 0.4) is 0 Å². The number of hydrogen-bond donors (Lipinski definition) is 1. The van der Waals surface area contributed by atoms with Crippen LogP contribution in [0.25, 0.3) is 0 Å². The third-order valence-electron chi connectivity index (χ3n) is 4.09. The number of nitrogens with zero attached hydrogens (tertiary/aromatic N) is 1. The number of rotatable bonds is 5. The molecule has 1 saturated carbocycles. The lowest BCUT2D eigenvalue weighted by molar-refractivity contribution is 0.233. The van der Waals surface area contributed by atoms with E-state index in [0.717, 1.165) is 18.4 Å². The number of thiazole rings is 1. The predicted molar refractivity (Wildman–Crippen MR) is 79.0 cm³/mol. The number of nitrogens with one attached hydrogen (secondary N) is 1. The lowest BCUT2D eigenvalue weighted by Gasteiger charge is -2.32. The number of hydrogen-bond acceptors (Lipinski definition) is 3. The van der Waals surface area contributed by atoms with Crippen molar-refractivity contribution in [3.63, 3.8) is 0 Å². The van der Waals surface area contributed by atoms with Gasteiger partial charge in [0.2, 0.25) is 0 Å². The Morgan fingerprint density at radius 2 is 2.11 bits per heavy atom. The SMILES string of the molecule is CCCNC(c1cnc(C)s1)C1CCC(C)CC1. The molecule has 0 aromatic carbocycles. The first-order valence-corrected chi connectivity index (χ1v) is 8.18. The molecule has 102 valence electrons. The molecule has 0 spiro atoms. The molecule has 1 N–H and O–H groups in total. The van der Waals surface area contributed by atoms with Crippen LogP contribution in [0.5, 0.6) is 0 Å². The van der Waals surface area contributed by atoms with Crippen LogP contribution in [0.4, 0.5) is 0 Å². The standard InChI is InChI=1S/C15H26N2S/c1-4-9-16-15(14-10-17-12(3)18-14)13-7-5-11(2)6-8-13/h10-11,13,15-16H,4-9H2,1-3H3. The van der Waals surface area contributed by atoms with Gasteiger partial charge in [0.15, 0.2) is 0 Å². The second-order valence-corrected chi connectivity index (χ2v) is 7.00. The van der Waals surface area contributed by atoms with E-state index in [2.05, 4.69) is 37.3 Å². The van der Waals surface area contributed by atoms with E-state index in [9.17, 15) is 0 Å². The molecule has 1 aromatic heterocycles. The molecule has 1 unspecified atom stereocenters. The van der Waals surface area contributed by atoms with E-state index in [1.807, 2.05) is 11.3 Å². The normalized spacial score (nSPS) is 26.2. The molecule has 1 aromatic rings. The Morgan fingerprint density at radius 3 is 2.67 bits per heavy atom. The van der Waals surface area contributed by atoms with Crippen molar-refractivity contribution in [1.82, 2.24) is 10.3 Å². The van der Waals surface area contributed by atoms with Gasteiger partial charge in [-0.05, 0) is 44.6 Å². The monoisotopic (exact) mass is 266 g/mol. The topological polar surface area (TPSA) is 24.9 Å². The Bertz CT molecular complexity index is 353. The van der Waals surface area contributed by atoms with E-state index < -0.39 is 0 Å². The van der Waals surface area contributed by atoms with Crippen LogP contribution >= 0.6 is 11.3 Å². The highest BCUT2D eigenvalue weighted by Crippen LogP contribution is 2.38. The fourth-order valence-corrected chi connectivity index (χ4v) is 3.89. The van der Waals surface area contributed by atoms with Crippen LogP contribution in [-0.2, 0) is 0 Å². The summed E-state index contributed by atoms with van der Waals surface area (Å²) in [6.07, 6.45) is 8.83. The van der Waals surface area contributed by atoms with Crippen LogP contribution in [0, 0.1) is 18.8 Å². The summed E-state index contributed by atoms with van der Waals surface area (Å²) >= 11 is 1.87. The van der Waals surface area contributed by atoms with Gasteiger partial charge in [0.05, 0.1) is 5.01 Å². The maximum Gasteiger partial charge on any atom is 0.0897 e. The zero-order valence-corrected chi connectivity index (χ0v) is 12.7. The molecule has 0 aliphatic heterocycles. The quantitative estimate of drug-likeness (QED) is 0.858. The lowest BCUT2D eigenvalue weighted by atomic mass is 9.79. The first-order valence-electron chi connectivity index (χ1n) is 7.36. The molecule has 0 amide bonds. The largest absolute Gasteiger partial charge is 0.309 e. The Kier molecular flexibility index (Phi) is 5.19. The second-order valence-electron chi connectivity index (χ2n) is 5.73. The highest BCUT2D eigenvalue weighted by atomic mass is 32.1. The van der Waals surface area contributed by atoms with Gasteiger partial charge in [0, 0.05) is 17.1 Å². The van der Waals surface area contributed by atoms with E-state index in [4.69, 9.17) is 0 Å². The Labute approximate surface area is 115 Å². The highest BCUT2D eigenvalue weighted by Gasteiger charge is 2.27. The van der Waals surface area contributed by atoms with Crippen molar-refractivity contribution in [1.29, 1.82) is 0 Å². The van der Waals surface area contributed by atoms with Gasteiger partial charge in [0.1, 0.15) is 0 Å². The molecule has 3 heteroatoms. The second kappa shape index (κ2) is 6.67. The minimum atomic E-state index is 0.545. The summed E-state index contributed by atoms with van der Waals surface area (Å²) in [4.78, 5) is 5.88. The van der Waals surface area contributed by atoms with Gasteiger partial charge >= 0.3 is 0 Å². The van der Waals surface area contributed by atoms with Crippen molar-refractivity contribution in [2.75, 3.05) is 6.54 Å². The molecule has 1 atom stereocenters. The zero-order valence-electron chi connectivity index (χ0n) is 11.9. The summed E-state index contributed by atoms with van der Waals surface area (Å²) in [5.74, 6) is 1.74. The fraction of sp³-hybridized carbons (Fsp3) is 0.800. The van der Waals surface area contributed by atoms with E-state index in [0.29, 0.717) is 6.04 Å². The van der Waals surface area contributed by atoms with Crippen molar-refractivity contribution in [3.05, 3.63) is 16.1 Å². The van der Waals surface area contributed by atoms with Gasteiger partial charge in [0.25, 0.3) is 0 Å². The summed E-state index contributed by atoms with van der Waals surface area (Å²) in [5, 5.41) is 4.95. The molecule has 1 fully saturated rings. The molecule has 1 aliphatic carbocycles. The molecule has 0 saturated heterocycles. The van der Waals surface area contributed by atoms with E-state index >= 15 is 0 Å². The third kappa shape index (κ3) is 3.55. The van der Waals surface area contributed by atoms with Crippen molar-refractivity contribution in [3.8, 4) is 0 Å². The van der Waals surface area contributed by atoms with Crippen molar-refractivity contribution in [2.45, 2.75) is 58.9 Å². The van der Waals surface area contributed by atoms with Gasteiger partial charge in [-0.3, -0.25) is 0 Å². The Morgan fingerprint density at radius 1 is 1.39 bits per heavy atom. The molecule has 2 rings (SSSR count). The smallest absolute Gasteiger partial charge is 0.0897 e. The molecule has 1 aliphatic rings. The maximum atomic E-state index is 4.43. The average Bonchev–Trinajstić information content (AvgIpc) is 2.78. The van der Waals surface area contributed by atoms with Gasteiger partial charge < -0.3 is 5.32 Å². The number of aryl methyl sites for hydroxylation is 1. The first-order chi connectivity index (χ1) is 8.70. The molecular formula is C15H26N2S. The van der Waals surface area contributed by atoms with Crippen LogP contribution in [0.1, 0.15) is 61.9 Å². The summed E-state index contributed by atoms with van der Waals surface area (Å²) in [6, 6.07) is 0.545. The minimum absolute atomic E-state index is 0.545. The molecule has 0 bridgehead atoms. The van der Waals surface area contributed by atoms with Crippen LogP contribution in [0.15, 0.2) is 6.20 Å².